The van der Waals surface area contributed by atoms with E-state index in [0.29, 0.717) is 19.4 Å². The van der Waals surface area contributed by atoms with E-state index in [2.05, 4.69) is 8.75 Å². The Morgan fingerprint density at radius 2 is 1.92 bits per heavy atom. The van der Waals surface area contributed by atoms with Gasteiger partial charge in [-0.1, -0.05) is 12.1 Å². The highest BCUT2D eigenvalue weighted by molar-refractivity contribution is 6.99. The fraction of sp³-hybridized carbons (Fsp3) is 0.375. The summed E-state index contributed by atoms with van der Waals surface area (Å²) in [5.41, 5.74) is -0.323. The maximum atomic E-state index is 12.6. The van der Waals surface area contributed by atoms with Gasteiger partial charge in [-0.15, -0.1) is 0 Å². The molecule has 1 aliphatic heterocycles. The Hall–Kier alpha value is -2.29. The molecule has 0 aliphatic carbocycles. The van der Waals surface area contributed by atoms with Gasteiger partial charge < -0.3 is 4.90 Å². The summed E-state index contributed by atoms with van der Waals surface area (Å²) < 4.78 is 45.5. The van der Waals surface area contributed by atoms with E-state index in [1.807, 2.05) is 0 Å². The number of amides is 1. The summed E-state index contributed by atoms with van der Waals surface area (Å²) in [7, 11) is 0. The summed E-state index contributed by atoms with van der Waals surface area (Å²) in [6.45, 7) is 0.753. The van der Waals surface area contributed by atoms with Crippen molar-refractivity contribution in [2.45, 2.75) is 19.0 Å². The number of ketones is 1. The van der Waals surface area contributed by atoms with Gasteiger partial charge in [-0.3, -0.25) is 9.59 Å². The highest BCUT2D eigenvalue weighted by Gasteiger charge is 2.32. The highest BCUT2D eigenvalue weighted by Crippen LogP contribution is 2.30. The van der Waals surface area contributed by atoms with Crippen LogP contribution in [-0.2, 0) is 6.18 Å². The second-order valence-electron chi connectivity index (χ2n) is 5.82. The van der Waals surface area contributed by atoms with Gasteiger partial charge in [0.05, 0.1) is 23.5 Å². The topological polar surface area (TPSA) is 63.2 Å². The van der Waals surface area contributed by atoms with Crippen LogP contribution in [0.5, 0.6) is 0 Å². The van der Waals surface area contributed by atoms with Crippen LogP contribution in [0.25, 0.3) is 0 Å². The van der Waals surface area contributed by atoms with Gasteiger partial charge in [0.15, 0.2) is 11.5 Å². The minimum atomic E-state index is -4.43. The van der Waals surface area contributed by atoms with E-state index in [9.17, 15) is 22.8 Å². The van der Waals surface area contributed by atoms with E-state index in [0.717, 1.165) is 23.9 Å². The van der Waals surface area contributed by atoms with E-state index >= 15 is 0 Å². The van der Waals surface area contributed by atoms with Crippen LogP contribution in [0.3, 0.4) is 0 Å². The summed E-state index contributed by atoms with van der Waals surface area (Å²) in [5.74, 6) is -0.956. The molecule has 1 aromatic heterocycles. The molecule has 1 fully saturated rings. The van der Waals surface area contributed by atoms with E-state index in [4.69, 9.17) is 0 Å². The molecule has 1 aliphatic rings. The number of aromatic nitrogens is 2. The fourth-order valence-electron chi connectivity index (χ4n) is 2.86. The number of carbonyl (C=O) groups is 2. The van der Waals surface area contributed by atoms with Gasteiger partial charge in [-0.05, 0) is 25.0 Å². The molecule has 5 nitrogen and oxygen atoms in total. The van der Waals surface area contributed by atoms with Crippen LogP contribution in [0.2, 0.25) is 0 Å². The van der Waals surface area contributed by atoms with Crippen molar-refractivity contribution >= 4 is 23.4 Å². The lowest BCUT2D eigenvalue weighted by Crippen LogP contribution is -2.42. The molecule has 2 heterocycles. The van der Waals surface area contributed by atoms with Crippen LogP contribution in [0.1, 0.15) is 39.3 Å². The number of likely N-dealkylation sites (tertiary alicyclic amines) is 1. The first-order valence-electron chi connectivity index (χ1n) is 7.64. The average Bonchev–Trinajstić information content (AvgIpc) is 3.14. The molecule has 2 aromatic rings. The molecule has 0 radical (unpaired) electrons. The zero-order valence-electron chi connectivity index (χ0n) is 13.0. The van der Waals surface area contributed by atoms with E-state index in [-0.39, 0.29) is 29.5 Å². The van der Waals surface area contributed by atoms with Crippen LogP contribution < -0.4 is 0 Å². The van der Waals surface area contributed by atoms with Crippen LogP contribution in [0, 0.1) is 5.92 Å². The van der Waals surface area contributed by atoms with Crippen LogP contribution in [0.4, 0.5) is 13.2 Å². The highest BCUT2D eigenvalue weighted by atomic mass is 32.1. The third kappa shape index (κ3) is 3.87. The largest absolute Gasteiger partial charge is 0.416 e. The van der Waals surface area contributed by atoms with Gasteiger partial charge in [-0.2, -0.15) is 21.9 Å². The number of nitrogens with zero attached hydrogens (tertiary/aromatic N) is 3. The van der Waals surface area contributed by atoms with Crippen molar-refractivity contribution < 1.29 is 22.8 Å². The lowest BCUT2D eigenvalue weighted by atomic mass is 9.89. The zero-order valence-corrected chi connectivity index (χ0v) is 13.8. The first-order chi connectivity index (χ1) is 11.9. The molecule has 0 bridgehead atoms. The number of Topliss-reactive ketones (excluding diaryl/α,β-unsaturated/α-hetero) is 1. The minimum Gasteiger partial charge on any atom is -0.336 e. The summed E-state index contributed by atoms with van der Waals surface area (Å²) in [5, 5.41) is 0. The Kier molecular flexibility index (Phi) is 4.85. The van der Waals surface area contributed by atoms with Crippen molar-refractivity contribution in [2.75, 3.05) is 13.1 Å². The van der Waals surface area contributed by atoms with Crippen molar-refractivity contribution in [1.29, 1.82) is 0 Å². The maximum Gasteiger partial charge on any atom is 0.416 e. The Morgan fingerprint density at radius 3 is 2.52 bits per heavy atom. The molecule has 1 saturated heterocycles. The van der Waals surface area contributed by atoms with Crippen molar-refractivity contribution in [3.8, 4) is 0 Å². The third-order valence-electron chi connectivity index (χ3n) is 4.16. The Morgan fingerprint density at radius 1 is 1.20 bits per heavy atom. The summed E-state index contributed by atoms with van der Waals surface area (Å²) >= 11 is 0.933. The Bertz CT molecular complexity index is 760. The second-order valence-corrected chi connectivity index (χ2v) is 6.38. The van der Waals surface area contributed by atoms with Crippen molar-refractivity contribution in [3.63, 3.8) is 0 Å². The number of piperidine rings is 1. The van der Waals surface area contributed by atoms with Crippen LogP contribution >= 0.6 is 11.7 Å². The number of carbonyl (C=O) groups excluding carboxylic acids is 2. The molecule has 3 rings (SSSR count). The summed E-state index contributed by atoms with van der Waals surface area (Å²) in [6, 6.07) is 4.19. The Balaban J connectivity index is 1.70. The van der Waals surface area contributed by atoms with Gasteiger partial charge in [0.25, 0.3) is 5.91 Å². The average molecular weight is 369 g/mol. The lowest BCUT2D eigenvalue weighted by Gasteiger charge is -2.31. The maximum absolute atomic E-state index is 12.6. The molecular formula is C16H14F3N3O2S. The van der Waals surface area contributed by atoms with Crippen molar-refractivity contribution in [3.05, 3.63) is 47.3 Å². The molecular weight excluding hydrogens is 355 g/mol. The second kappa shape index (κ2) is 6.91. The van der Waals surface area contributed by atoms with E-state index < -0.39 is 17.7 Å². The molecule has 0 N–H and O–H groups in total. The standard InChI is InChI=1S/C16H14F3N3O2S/c17-16(18,19)12-5-3-10(4-6-12)14(23)11-2-1-7-22(9-11)15(24)13-8-20-25-21-13/h3-6,8,11H,1-2,7,9H2/t11-/m0/s1. The molecule has 0 saturated carbocycles. The molecule has 0 unspecified atom stereocenters. The smallest absolute Gasteiger partial charge is 0.336 e. The zero-order chi connectivity index (χ0) is 18.0. The van der Waals surface area contributed by atoms with Crippen LogP contribution in [-0.4, -0.2) is 38.4 Å². The van der Waals surface area contributed by atoms with Gasteiger partial charge >= 0.3 is 6.18 Å². The molecule has 9 heteroatoms. The SMILES string of the molecule is O=C(c1ccc(C(F)(F)F)cc1)[C@H]1CCCN(C(=O)c2cnsn2)C1. The first kappa shape index (κ1) is 17.5. The normalized spacial score (nSPS) is 18.2. The Labute approximate surface area is 145 Å². The van der Waals surface area contributed by atoms with Gasteiger partial charge in [0.1, 0.15) is 0 Å². The predicted molar refractivity (Wildman–Crippen MR) is 84.3 cm³/mol. The van der Waals surface area contributed by atoms with Crippen molar-refractivity contribution in [1.82, 2.24) is 13.6 Å². The van der Waals surface area contributed by atoms with Crippen molar-refractivity contribution in [2.24, 2.45) is 5.92 Å². The molecule has 1 aromatic carbocycles. The lowest BCUT2D eigenvalue weighted by molar-refractivity contribution is -0.137. The van der Waals surface area contributed by atoms with Gasteiger partial charge in [0.2, 0.25) is 0 Å². The number of rotatable bonds is 3. The van der Waals surface area contributed by atoms with E-state index in [1.165, 1.54) is 18.3 Å². The number of halogens is 3. The third-order valence-corrected chi connectivity index (χ3v) is 4.63. The molecule has 132 valence electrons. The summed E-state index contributed by atoms with van der Waals surface area (Å²) in [6.07, 6.45) is -1.80. The summed E-state index contributed by atoms with van der Waals surface area (Å²) in [4.78, 5) is 26.4. The monoisotopic (exact) mass is 369 g/mol. The quantitative estimate of drug-likeness (QED) is 0.779. The number of alkyl halides is 3. The van der Waals surface area contributed by atoms with E-state index in [1.54, 1.807) is 4.90 Å². The molecule has 25 heavy (non-hydrogen) atoms. The molecule has 1 atom stereocenters. The minimum absolute atomic E-state index is 0.225. The van der Waals surface area contributed by atoms with Gasteiger partial charge in [-0.25, -0.2) is 0 Å². The number of benzene rings is 1. The number of hydrogen-bond donors (Lipinski definition) is 0. The fourth-order valence-corrected chi connectivity index (χ4v) is 3.26. The molecule has 1 amide bonds. The first-order valence-corrected chi connectivity index (χ1v) is 8.37. The van der Waals surface area contributed by atoms with Gasteiger partial charge in [0, 0.05) is 24.6 Å². The predicted octanol–water partition coefficient (Wildman–Crippen LogP) is 3.29. The number of hydrogen-bond acceptors (Lipinski definition) is 5. The van der Waals surface area contributed by atoms with Crippen LogP contribution in [0.15, 0.2) is 30.5 Å². The molecule has 0 spiro atoms.